The fourth-order valence-corrected chi connectivity index (χ4v) is 8.00. The highest BCUT2D eigenvalue weighted by Crippen LogP contribution is 2.49. The van der Waals surface area contributed by atoms with Crippen molar-refractivity contribution in [3.8, 4) is 5.75 Å². The van der Waals surface area contributed by atoms with Crippen molar-refractivity contribution >= 4 is 46.3 Å². The number of halogens is 3. The number of fused-ring (bicyclic) bond motifs is 1. The summed E-state index contributed by atoms with van der Waals surface area (Å²) in [5, 5.41) is 5.93. The first-order valence-corrected chi connectivity index (χ1v) is 20.9. The van der Waals surface area contributed by atoms with Gasteiger partial charge in [0.05, 0.1) is 17.0 Å². The van der Waals surface area contributed by atoms with Crippen LogP contribution in [-0.4, -0.2) is 86.2 Å². The number of nitrogens with zero attached hydrogens (tertiary/aromatic N) is 5. The van der Waals surface area contributed by atoms with Crippen LogP contribution in [0.1, 0.15) is 118 Å². The maximum absolute atomic E-state index is 14.3. The number of imide groups is 1. The number of rotatable bonds is 8. The molecule has 1 atom stereocenters. The lowest BCUT2D eigenvalue weighted by Crippen LogP contribution is -2.44. The Labute approximate surface area is 353 Å². The molecule has 4 aliphatic rings. The van der Waals surface area contributed by atoms with Gasteiger partial charge in [-0.2, -0.15) is 18.1 Å². The van der Waals surface area contributed by atoms with Crippen molar-refractivity contribution in [2.24, 2.45) is 0 Å². The number of ether oxygens (including phenoxy) is 4. The minimum Gasteiger partial charge on any atom is -0.490 e. The average molecular weight is 852 g/mol. The van der Waals surface area contributed by atoms with Crippen molar-refractivity contribution in [3.63, 3.8) is 0 Å². The maximum atomic E-state index is 14.3. The molecule has 3 aromatic rings. The molecular weight excluding hydrogens is 796 g/mol. The second kappa shape index (κ2) is 16.2. The van der Waals surface area contributed by atoms with Gasteiger partial charge in [0, 0.05) is 48.6 Å². The molecule has 1 aromatic carbocycles. The highest BCUT2D eigenvalue weighted by Gasteiger charge is 2.43. The summed E-state index contributed by atoms with van der Waals surface area (Å²) in [5.41, 5.74) is -0.941. The number of carbonyl (C=O) groups is 3. The maximum Gasteiger partial charge on any atom is 0.425 e. The van der Waals surface area contributed by atoms with Gasteiger partial charge >= 0.3 is 24.4 Å². The van der Waals surface area contributed by atoms with Crippen molar-refractivity contribution in [1.29, 1.82) is 0 Å². The minimum atomic E-state index is -4.72. The van der Waals surface area contributed by atoms with E-state index in [1.165, 1.54) is 18.5 Å². The number of urea groups is 1. The smallest absolute Gasteiger partial charge is 0.425 e. The summed E-state index contributed by atoms with van der Waals surface area (Å²) in [6.45, 7) is 18.4. The predicted molar refractivity (Wildman–Crippen MR) is 223 cm³/mol. The van der Waals surface area contributed by atoms with E-state index in [4.69, 9.17) is 18.9 Å². The first-order valence-electron chi connectivity index (χ1n) is 20.9. The molecule has 2 fully saturated rings. The Morgan fingerprint density at radius 2 is 1.62 bits per heavy atom. The molecule has 2 aromatic heterocycles. The van der Waals surface area contributed by atoms with Crippen LogP contribution in [0.5, 0.6) is 5.75 Å². The molecule has 0 spiro atoms. The molecule has 2 N–H and O–H groups in total. The molecule has 14 nitrogen and oxygen atoms in total. The third-order valence-electron chi connectivity index (χ3n) is 10.8. The number of anilines is 2. The van der Waals surface area contributed by atoms with E-state index >= 15 is 0 Å². The van der Waals surface area contributed by atoms with Gasteiger partial charge in [-0.3, -0.25) is 0 Å². The lowest BCUT2D eigenvalue weighted by atomic mass is 9.85. The molecule has 4 heterocycles. The molecule has 0 bridgehead atoms. The van der Waals surface area contributed by atoms with Crippen LogP contribution in [0.25, 0.3) is 16.6 Å². The third-order valence-corrected chi connectivity index (χ3v) is 10.8. The average Bonchev–Trinajstić information content (AvgIpc) is 3.83. The summed E-state index contributed by atoms with van der Waals surface area (Å²) in [6.07, 6.45) is 1.94. The van der Waals surface area contributed by atoms with E-state index in [1.807, 2.05) is 37.6 Å². The number of allylic oxidation sites excluding steroid dienone is 1. The van der Waals surface area contributed by atoms with E-state index in [0.29, 0.717) is 41.6 Å². The van der Waals surface area contributed by atoms with Crippen LogP contribution in [0.4, 0.5) is 39.1 Å². The van der Waals surface area contributed by atoms with Gasteiger partial charge in [-0.15, -0.1) is 0 Å². The molecule has 61 heavy (non-hydrogen) atoms. The topological polar surface area (TPSA) is 149 Å². The van der Waals surface area contributed by atoms with Crippen LogP contribution in [0.15, 0.2) is 48.1 Å². The largest absolute Gasteiger partial charge is 0.490 e. The molecule has 17 heteroatoms. The standard InChI is InChI=1S/C44H56F3N7O7/c1-10-52-19-17-27(18-20-52)58-33-16-11-25(21-31(33)44(45,46)47)50-38(55)51-32-15-14-28(29-22-43(8,9)59-35(29)32)30-23-53(26-12-13-26)36-34(30)37(49-24-48-36)54(39(56)60-41(2,3)4)40(57)61-42(5,6)7/h11,14,16,21,23-24,26-27,32H,10,12-13,15,17-20,22H2,1-9H3,(H2,50,51,55). The summed E-state index contributed by atoms with van der Waals surface area (Å²) >= 11 is 0. The van der Waals surface area contributed by atoms with Crippen LogP contribution < -0.4 is 20.3 Å². The lowest BCUT2D eigenvalue weighted by molar-refractivity contribution is -0.139. The summed E-state index contributed by atoms with van der Waals surface area (Å²) in [4.78, 5) is 53.5. The Morgan fingerprint density at radius 3 is 2.21 bits per heavy atom. The first kappa shape index (κ1) is 43.8. The highest BCUT2D eigenvalue weighted by molar-refractivity contribution is 6.15. The van der Waals surface area contributed by atoms with Crippen molar-refractivity contribution in [3.05, 3.63) is 59.3 Å². The van der Waals surface area contributed by atoms with Crippen molar-refractivity contribution in [2.45, 2.75) is 142 Å². The molecule has 1 saturated carbocycles. The normalized spacial score (nSPS) is 19.8. The van der Waals surface area contributed by atoms with Gasteiger partial charge in [0.25, 0.3) is 0 Å². The van der Waals surface area contributed by atoms with E-state index in [9.17, 15) is 27.6 Å². The van der Waals surface area contributed by atoms with Gasteiger partial charge in [0.2, 0.25) is 0 Å². The van der Waals surface area contributed by atoms with E-state index in [2.05, 4.69) is 25.5 Å². The zero-order valence-electron chi connectivity index (χ0n) is 36.3. The molecular formula is C44H56F3N7O7. The number of likely N-dealkylation sites (tertiary alicyclic amines) is 1. The molecule has 2 aliphatic heterocycles. The molecule has 1 saturated heterocycles. The van der Waals surface area contributed by atoms with Crippen LogP contribution in [-0.2, 0) is 20.4 Å². The second-order valence-corrected chi connectivity index (χ2v) is 18.7. The quantitative estimate of drug-likeness (QED) is 0.224. The van der Waals surface area contributed by atoms with Gasteiger partial charge in [-0.1, -0.05) is 13.0 Å². The number of carbonyl (C=O) groups excluding carboxylic acids is 3. The molecule has 4 amide bonds. The Hall–Kier alpha value is -5.32. The number of amides is 4. The SMILES string of the molecule is CCN1CCC(Oc2ccc(NC(=O)NC3CC=C(c4cn(C5CC5)c5ncnc(N(C(=O)OC(C)(C)C)C(=O)OC(C)(C)C)c45)C4=C3OC(C)(C)C4)cc2C(F)(F)F)CC1. The van der Waals surface area contributed by atoms with Gasteiger partial charge in [-0.05, 0) is 118 Å². The zero-order chi connectivity index (χ0) is 44.2. The summed E-state index contributed by atoms with van der Waals surface area (Å²) in [7, 11) is 0. The fourth-order valence-electron chi connectivity index (χ4n) is 8.00. The Balaban J connectivity index is 1.19. The van der Waals surface area contributed by atoms with Crippen molar-refractivity contribution in [1.82, 2.24) is 24.8 Å². The summed E-state index contributed by atoms with van der Waals surface area (Å²) in [5.74, 6) is 0.209. The van der Waals surface area contributed by atoms with Crippen LogP contribution >= 0.6 is 0 Å². The lowest BCUT2D eigenvalue weighted by Gasteiger charge is -2.31. The molecule has 330 valence electrons. The number of hydrogen-bond acceptors (Lipinski definition) is 10. The molecule has 1 unspecified atom stereocenters. The van der Waals surface area contributed by atoms with Crippen molar-refractivity contribution in [2.75, 3.05) is 29.9 Å². The fraction of sp³-hybridized carbons (Fsp3) is 0.568. The van der Waals surface area contributed by atoms with Crippen LogP contribution in [0, 0.1) is 0 Å². The van der Waals surface area contributed by atoms with Crippen LogP contribution in [0.3, 0.4) is 0 Å². The Morgan fingerprint density at radius 1 is 0.967 bits per heavy atom. The number of piperidine rings is 1. The van der Waals surface area contributed by atoms with Gasteiger partial charge in [0.1, 0.15) is 46.4 Å². The van der Waals surface area contributed by atoms with Gasteiger partial charge < -0.3 is 39.0 Å². The summed E-state index contributed by atoms with van der Waals surface area (Å²) in [6, 6.07) is 2.29. The van der Waals surface area contributed by atoms with Gasteiger partial charge in [-0.25, -0.2) is 24.4 Å². The van der Waals surface area contributed by atoms with E-state index in [0.717, 1.165) is 54.6 Å². The Kier molecular flexibility index (Phi) is 11.6. The first-order chi connectivity index (χ1) is 28.5. The monoisotopic (exact) mass is 851 g/mol. The third kappa shape index (κ3) is 9.92. The Bertz CT molecular complexity index is 2230. The van der Waals surface area contributed by atoms with E-state index in [-0.39, 0.29) is 35.8 Å². The number of nitrogens with one attached hydrogen (secondary N) is 2. The van der Waals surface area contributed by atoms with E-state index < -0.39 is 52.8 Å². The van der Waals surface area contributed by atoms with E-state index in [1.54, 1.807) is 41.5 Å². The van der Waals surface area contributed by atoms with Gasteiger partial charge in [0.15, 0.2) is 5.82 Å². The number of benzene rings is 1. The minimum absolute atomic E-state index is 0.0136. The second-order valence-electron chi connectivity index (χ2n) is 18.7. The number of aromatic nitrogens is 3. The highest BCUT2D eigenvalue weighted by atomic mass is 19.4. The zero-order valence-corrected chi connectivity index (χ0v) is 36.3. The summed E-state index contributed by atoms with van der Waals surface area (Å²) < 4.78 is 68.8. The number of hydrogen-bond donors (Lipinski definition) is 2. The molecule has 0 radical (unpaired) electrons. The molecule has 2 aliphatic carbocycles. The number of alkyl halides is 3. The van der Waals surface area contributed by atoms with Crippen molar-refractivity contribution < 1.29 is 46.5 Å². The predicted octanol–water partition coefficient (Wildman–Crippen LogP) is 9.76. The molecule has 7 rings (SSSR count). The van der Waals surface area contributed by atoms with Crippen LogP contribution in [0.2, 0.25) is 0 Å².